The van der Waals surface area contributed by atoms with E-state index in [2.05, 4.69) is 10.8 Å². The summed E-state index contributed by atoms with van der Waals surface area (Å²) < 4.78 is 0. The third-order valence-electron chi connectivity index (χ3n) is 10.6. The number of nitro groups is 2. The van der Waals surface area contributed by atoms with Crippen molar-refractivity contribution in [2.75, 3.05) is 6.61 Å². The first kappa shape index (κ1) is 33.0. The summed E-state index contributed by atoms with van der Waals surface area (Å²) in [4.78, 5) is 64.2. The summed E-state index contributed by atoms with van der Waals surface area (Å²) in [5, 5.41) is 45.1. The van der Waals surface area contributed by atoms with Crippen LogP contribution in [0.3, 0.4) is 0 Å². The van der Waals surface area contributed by atoms with E-state index >= 15 is 0 Å². The number of amides is 1. The van der Waals surface area contributed by atoms with Gasteiger partial charge in [0, 0.05) is 34.8 Å². The number of hydrogen-bond donors (Lipinski definition) is 4. The summed E-state index contributed by atoms with van der Waals surface area (Å²) in [6.07, 6.45) is 10.7. The molecule has 6 unspecified atom stereocenters. The Hall–Kier alpha value is -2.87. The van der Waals surface area contributed by atoms with Gasteiger partial charge in [-0.3, -0.25) is 34.6 Å². The predicted molar refractivity (Wildman–Crippen MR) is 152 cm³/mol. The van der Waals surface area contributed by atoms with E-state index in [-0.39, 0.29) is 36.5 Å². The van der Waals surface area contributed by atoms with E-state index in [0.29, 0.717) is 37.5 Å². The van der Waals surface area contributed by atoms with Gasteiger partial charge in [0.25, 0.3) is 0 Å². The molecular formula is C29H46N4O10. The summed E-state index contributed by atoms with van der Waals surface area (Å²) in [6.45, 7) is 0.00667. The van der Waals surface area contributed by atoms with E-state index in [1.807, 2.05) is 0 Å². The highest BCUT2D eigenvalue weighted by molar-refractivity contribution is 5.85. The molecule has 4 aliphatic rings. The number of hydrogen-bond acceptors (Lipinski definition) is 9. The number of rotatable bonds is 12. The van der Waals surface area contributed by atoms with E-state index in [1.165, 1.54) is 0 Å². The highest BCUT2D eigenvalue weighted by Crippen LogP contribution is 2.37. The molecule has 0 aromatic heterocycles. The van der Waals surface area contributed by atoms with Crippen molar-refractivity contribution in [3.63, 3.8) is 0 Å². The first-order valence-electron chi connectivity index (χ1n) is 15.9. The van der Waals surface area contributed by atoms with Gasteiger partial charge in [-0.05, 0) is 95.3 Å². The lowest BCUT2D eigenvalue weighted by molar-refractivity contribution is -0.538. The lowest BCUT2D eigenvalue weighted by Gasteiger charge is -2.36. The van der Waals surface area contributed by atoms with Gasteiger partial charge in [0.15, 0.2) is 0 Å². The van der Waals surface area contributed by atoms with Crippen LogP contribution in [0.15, 0.2) is 0 Å². The predicted octanol–water partition coefficient (Wildman–Crippen LogP) is 3.42. The van der Waals surface area contributed by atoms with Gasteiger partial charge in [0.05, 0.1) is 24.4 Å². The number of hydroxylamine groups is 1. The molecule has 0 aromatic carbocycles. The van der Waals surface area contributed by atoms with Crippen LogP contribution < -0.4 is 10.8 Å². The molecule has 0 saturated heterocycles. The molecule has 6 atom stereocenters. The lowest BCUT2D eigenvalue weighted by atomic mass is 9.74. The third kappa shape index (κ3) is 8.62. The molecule has 4 rings (SSSR count). The molecule has 0 aliphatic heterocycles. The van der Waals surface area contributed by atoms with Crippen molar-refractivity contribution in [3.8, 4) is 0 Å². The van der Waals surface area contributed by atoms with E-state index in [4.69, 9.17) is 4.84 Å². The summed E-state index contributed by atoms with van der Waals surface area (Å²) >= 11 is 0. The monoisotopic (exact) mass is 610 g/mol. The number of carboxylic acids is 2. The Balaban J connectivity index is 1.15. The third-order valence-corrected chi connectivity index (χ3v) is 10.6. The van der Waals surface area contributed by atoms with Crippen molar-refractivity contribution >= 4 is 17.8 Å². The molecule has 4 fully saturated rings. The fraction of sp³-hybridized carbons (Fsp3) is 0.897. The van der Waals surface area contributed by atoms with Crippen LogP contribution in [0.1, 0.15) is 96.3 Å². The molecule has 0 aromatic rings. The summed E-state index contributed by atoms with van der Waals surface area (Å²) in [5.41, 5.74) is 3.05. The maximum atomic E-state index is 13.0. The van der Waals surface area contributed by atoms with Gasteiger partial charge >= 0.3 is 11.9 Å². The van der Waals surface area contributed by atoms with Crippen molar-refractivity contribution < 1.29 is 39.3 Å². The Kier molecular flexibility index (Phi) is 11.7. The molecule has 43 heavy (non-hydrogen) atoms. The maximum absolute atomic E-state index is 13.0. The average molecular weight is 611 g/mol. The minimum absolute atomic E-state index is 0.00667. The van der Waals surface area contributed by atoms with Crippen molar-refractivity contribution in [2.24, 2.45) is 35.5 Å². The largest absolute Gasteiger partial charge is 0.481 e. The molecule has 4 N–H and O–H groups in total. The first-order chi connectivity index (χ1) is 20.5. The Morgan fingerprint density at radius 3 is 1.74 bits per heavy atom. The second-order valence-corrected chi connectivity index (χ2v) is 13.3. The van der Waals surface area contributed by atoms with Crippen LogP contribution in [0.5, 0.6) is 0 Å². The highest BCUT2D eigenvalue weighted by atomic mass is 16.6. The fourth-order valence-corrected chi connectivity index (χ4v) is 8.17. The SMILES string of the molecule is O=C(O)C1CCCC([N+](=O)[O-])C1CONC1CCC(CC2CCC(NC(=O)C3C(C(=O)O)CCCC3[N+](=O)[O-])CC2)CC1. The fourth-order valence-electron chi connectivity index (χ4n) is 8.17. The molecule has 0 bridgehead atoms. The Morgan fingerprint density at radius 2 is 1.21 bits per heavy atom. The topological polar surface area (TPSA) is 211 Å². The van der Waals surface area contributed by atoms with Gasteiger partial charge in [-0.1, -0.05) is 0 Å². The zero-order valence-electron chi connectivity index (χ0n) is 24.6. The van der Waals surface area contributed by atoms with E-state index in [0.717, 1.165) is 57.8 Å². The van der Waals surface area contributed by atoms with Gasteiger partial charge in [-0.2, -0.15) is 5.48 Å². The van der Waals surface area contributed by atoms with Crippen molar-refractivity contribution in [1.82, 2.24) is 10.8 Å². The first-order valence-corrected chi connectivity index (χ1v) is 15.9. The molecule has 0 radical (unpaired) electrons. The second kappa shape index (κ2) is 15.2. The number of aliphatic carboxylic acids is 2. The van der Waals surface area contributed by atoms with Crippen LogP contribution in [0.4, 0.5) is 0 Å². The second-order valence-electron chi connectivity index (χ2n) is 13.3. The van der Waals surface area contributed by atoms with Crippen molar-refractivity contribution in [1.29, 1.82) is 0 Å². The molecule has 0 heterocycles. The Labute approximate surface area is 250 Å². The van der Waals surface area contributed by atoms with E-state index in [1.54, 1.807) is 0 Å². The quantitative estimate of drug-likeness (QED) is 0.186. The Bertz CT molecular complexity index is 967. The van der Waals surface area contributed by atoms with Gasteiger partial charge in [-0.15, -0.1) is 0 Å². The molecule has 1 amide bonds. The van der Waals surface area contributed by atoms with Gasteiger partial charge in [0.1, 0.15) is 5.92 Å². The average Bonchev–Trinajstić information content (AvgIpc) is 2.98. The van der Waals surface area contributed by atoms with Gasteiger partial charge < -0.3 is 20.4 Å². The summed E-state index contributed by atoms with van der Waals surface area (Å²) in [5.74, 6) is -5.13. The molecule has 4 aliphatic carbocycles. The zero-order valence-corrected chi connectivity index (χ0v) is 24.6. The normalized spacial score (nSPS) is 36.7. The smallest absolute Gasteiger partial charge is 0.307 e. The molecule has 14 heteroatoms. The number of nitrogens with one attached hydrogen (secondary N) is 2. The molecule has 4 saturated carbocycles. The van der Waals surface area contributed by atoms with Crippen LogP contribution in [0.2, 0.25) is 0 Å². The van der Waals surface area contributed by atoms with Crippen LogP contribution in [0.25, 0.3) is 0 Å². The number of carbonyl (C=O) groups is 3. The molecule has 14 nitrogen and oxygen atoms in total. The van der Waals surface area contributed by atoms with Crippen LogP contribution in [0, 0.1) is 55.7 Å². The van der Waals surface area contributed by atoms with E-state index in [9.17, 15) is 44.8 Å². The Morgan fingerprint density at radius 1 is 0.698 bits per heavy atom. The maximum Gasteiger partial charge on any atom is 0.307 e. The highest BCUT2D eigenvalue weighted by Gasteiger charge is 2.49. The summed E-state index contributed by atoms with van der Waals surface area (Å²) in [7, 11) is 0. The molecular weight excluding hydrogens is 564 g/mol. The molecule has 0 spiro atoms. The minimum atomic E-state index is -1.16. The molecule has 242 valence electrons. The van der Waals surface area contributed by atoms with Gasteiger partial charge in [-0.25, -0.2) is 0 Å². The lowest BCUT2D eigenvalue weighted by Crippen LogP contribution is -2.52. The van der Waals surface area contributed by atoms with Crippen molar-refractivity contribution in [3.05, 3.63) is 20.2 Å². The zero-order chi connectivity index (χ0) is 31.1. The number of carboxylic acid groups (broad SMARTS) is 2. The van der Waals surface area contributed by atoms with E-state index < -0.39 is 58.5 Å². The summed E-state index contributed by atoms with van der Waals surface area (Å²) in [6, 6.07) is -2.03. The number of nitrogens with zero attached hydrogens (tertiary/aromatic N) is 2. The van der Waals surface area contributed by atoms with Crippen LogP contribution in [-0.4, -0.2) is 68.7 Å². The van der Waals surface area contributed by atoms with Crippen molar-refractivity contribution in [2.45, 2.75) is 120 Å². The minimum Gasteiger partial charge on any atom is -0.481 e. The van der Waals surface area contributed by atoms with Gasteiger partial charge in [0.2, 0.25) is 18.0 Å². The van der Waals surface area contributed by atoms with Crippen LogP contribution >= 0.6 is 0 Å². The van der Waals surface area contributed by atoms with Crippen LogP contribution in [-0.2, 0) is 19.2 Å². The standard InChI is InChI=1S/C29H46N4O10/c34-27(26-22(29(37)38)4-2-6-25(26)33(41)42)30-19-11-7-17(8-12-19)15-18-9-13-20(14-10-18)31-43-16-23-21(28(35)36)3-1-5-24(23)32(39)40/h17-26,31H,1-16H2,(H,30,34)(H,35,36)(H,37,38). The number of carbonyl (C=O) groups excluding carboxylic acids is 1.